The van der Waals surface area contributed by atoms with Gasteiger partial charge in [-0.15, -0.1) is 0 Å². The number of piperazine rings is 1. The van der Waals surface area contributed by atoms with E-state index in [1.807, 2.05) is 12.1 Å². The Morgan fingerprint density at radius 3 is 2.55 bits per heavy atom. The molecule has 0 spiro atoms. The molecule has 7 nitrogen and oxygen atoms in total. The minimum Gasteiger partial charge on any atom is -0.340 e. The Kier molecular flexibility index (Phi) is 6.96. The van der Waals surface area contributed by atoms with E-state index in [1.54, 1.807) is 6.20 Å². The normalized spacial score (nSPS) is 15.4. The second-order valence-corrected chi connectivity index (χ2v) is 8.16. The second kappa shape index (κ2) is 10.0. The van der Waals surface area contributed by atoms with E-state index in [0.717, 1.165) is 68.9 Å². The number of pyridine rings is 2. The number of fused-ring (bicyclic) bond motifs is 1. The molecule has 0 amide bonds. The molecule has 0 unspecified atom stereocenters. The number of hydrogen-bond acceptors (Lipinski definition) is 6. The average molecular weight is 421 g/mol. The summed E-state index contributed by atoms with van der Waals surface area (Å²) in [6.45, 7) is 9.45. The largest absolute Gasteiger partial charge is 0.340 e. The third kappa shape index (κ3) is 5.31. The van der Waals surface area contributed by atoms with Crippen molar-refractivity contribution in [1.29, 1.82) is 0 Å². The van der Waals surface area contributed by atoms with Crippen LogP contribution in [0.1, 0.15) is 24.6 Å². The molecule has 31 heavy (non-hydrogen) atoms. The smallest absolute Gasteiger partial charge is 0.259 e. The van der Waals surface area contributed by atoms with Gasteiger partial charge in [-0.1, -0.05) is 19.1 Å². The summed E-state index contributed by atoms with van der Waals surface area (Å²) in [6.07, 6.45) is 3.33. The third-order valence-corrected chi connectivity index (χ3v) is 5.98. The monoisotopic (exact) mass is 420 g/mol. The number of likely N-dealkylation sites (N-methyl/N-ethyl adjacent to an activating group) is 1. The molecule has 1 aromatic carbocycles. The molecule has 4 N–H and O–H groups in total. The van der Waals surface area contributed by atoms with E-state index >= 15 is 0 Å². The van der Waals surface area contributed by atoms with Gasteiger partial charge in [0, 0.05) is 50.3 Å². The van der Waals surface area contributed by atoms with E-state index in [4.69, 9.17) is 10.7 Å². The van der Waals surface area contributed by atoms with Crippen molar-refractivity contribution < 1.29 is 0 Å². The lowest BCUT2D eigenvalue weighted by Gasteiger charge is -2.34. The maximum absolute atomic E-state index is 12.5. The van der Waals surface area contributed by atoms with Crippen molar-refractivity contribution in [3.05, 3.63) is 64.2 Å². The topological polar surface area (TPSA) is 90.3 Å². The van der Waals surface area contributed by atoms with Gasteiger partial charge in [0.2, 0.25) is 0 Å². The highest BCUT2D eigenvalue weighted by molar-refractivity contribution is 5.92. The van der Waals surface area contributed by atoms with Crippen molar-refractivity contribution in [2.24, 2.45) is 5.73 Å². The number of aryl methyl sites for hydroxylation is 1. The molecule has 1 fully saturated rings. The summed E-state index contributed by atoms with van der Waals surface area (Å²) in [4.78, 5) is 25.0. The van der Waals surface area contributed by atoms with Gasteiger partial charge in [0.1, 0.15) is 5.82 Å². The van der Waals surface area contributed by atoms with E-state index in [2.05, 4.69) is 51.3 Å². The fourth-order valence-electron chi connectivity index (χ4n) is 4.12. The summed E-state index contributed by atoms with van der Waals surface area (Å²) in [7, 11) is 0. The molecule has 2 aromatic heterocycles. The van der Waals surface area contributed by atoms with E-state index in [0.29, 0.717) is 17.7 Å². The van der Waals surface area contributed by atoms with Crippen LogP contribution in [0.2, 0.25) is 0 Å². The SMILES string of the molecule is CCN1CCN(Cc2ccc(Nc3nc(CCCN)cc4cc[nH]c(=O)c34)cc2)CC1. The lowest BCUT2D eigenvalue weighted by atomic mass is 10.1. The maximum atomic E-state index is 12.5. The summed E-state index contributed by atoms with van der Waals surface area (Å²) < 4.78 is 0. The van der Waals surface area contributed by atoms with E-state index < -0.39 is 0 Å². The fraction of sp³-hybridized carbons (Fsp3) is 0.417. The number of aromatic nitrogens is 2. The first-order valence-electron chi connectivity index (χ1n) is 11.2. The number of aromatic amines is 1. The Morgan fingerprint density at radius 2 is 1.84 bits per heavy atom. The van der Waals surface area contributed by atoms with Crippen LogP contribution in [0, 0.1) is 0 Å². The van der Waals surface area contributed by atoms with Gasteiger partial charge in [-0.25, -0.2) is 4.98 Å². The molecule has 0 atom stereocenters. The van der Waals surface area contributed by atoms with Gasteiger partial charge in [-0.3, -0.25) is 9.69 Å². The fourth-order valence-corrected chi connectivity index (χ4v) is 4.12. The molecule has 0 radical (unpaired) electrons. The molecule has 1 saturated heterocycles. The summed E-state index contributed by atoms with van der Waals surface area (Å²) in [5.74, 6) is 0.592. The summed E-state index contributed by atoms with van der Waals surface area (Å²) in [6, 6.07) is 12.3. The minimum absolute atomic E-state index is 0.138. The van der Waals surface area contributed by atoms with Crippen molar-refractivity contribution in [2.45, 2.75) is 26.3 Å². The van der Waals surface area contributed by atoms with E-state index in [9.17, 15) is 4.79 Å². The van der Waals surface area contributed by atoms with Crippen LogP contribution < -0.4 is 16.6 Å². The van der Waals surface area contributed by atoms with E-state index in [-0.39, 0.29) is 5.56 Å². The molecular formula is C24H32N6O. The molecule has 164 valence electrons. The Morgan fingerprint density at radius 1 is 1.10 bits per heavy atom. The predicted octanol–water partition coefficient (Wildman–Crippen LogP) is 2.70. The summed E-state index contributed by atoms with van der Waals surface area (Å²) in [5.41, 5.74) is 8.68. The number of benzene rings is 1. The molecule has 3 aromatic rings. The zero-order valence-corrected chi connectivity index (χ0v) is 18.2. The highest BCUT2D eigenvalue weighted by Crippen LogP contribution is 2.24. The first-order chi connectivity index (χ1) is 15.2. The Bertz CT molecular complexity index is 1050. The number of nitrogens with zero attached hydrogens (tertiary/aromatic N) is 3. The molecule has 1 aliphatic heterocycles. The molecule has 0 aliphatic carbocycles. The number of rotatable bonds is 8. The van der Waals surface area contributed by atoms with Crippen LogP contribution in [0.4, 0.5) is 11.5 Å². The molecule has 4 rings (SSSR count). The maximum Gasteiger partial charge on any atom is 0.259 e. The molecule has 3 heterocycles. The van der Waals surface area contributed by atoms with Gasteiger partial charge in [0.25, 0.3) is 5.56 Å². The number of hydrogen-bond donors (Lipinski definition) is 3. The van der Waals surface area contributed by atoms with Gasteiger partial charge in [-0.05, 0) is 61.1 Å². The van der Waals surface area contributed by atoms with Crippen LogP contribution in [0.15, 0.2) is 47.4 Å². The van der Waals surface area contributed by atoms with Crippen LogP contribution >= 0.6 is 0 Å². The van der Waals surface area contributed by atoms with Crippen molar-refractivity contribution in [3.63, 3.8) is 0 Å². The van der Waals surface area contributed by atoms with Gasteiger partial charge >= 0.3 is 0 Å². The van der Waals surface area contributed by atoms with Gasteiger partial charge in [0.05, 0.1) is 5.39 Å². The lowest BCUT2D eigenvalue weighted by Crippen LogP contribution is -2.45. The van der Waals surface area contributed by atoms with Gasteiger partial charge < -0.3 is 20.9 Å². The summed E-state index contributed by atoms with van der Waals surface area (Å²) in [5, 5.41) is 4.83. The highest BCUT2D eigenvalue weighted by atomic mass is 16.1. The first-order valence-corrected chi connectivity index (χ1v) is 11.2. The van der Waals surface area contributed by atoms with Crippen LogP contribution in [-0.2, 0) is 13.0 Å². The van der Waals surface area contributed by atoms with Crippen molar-refractivity contribution >= 4 is 22.3 Å². The van der Waals surface area contributed by atoms with Crippen LogP contribution in [0.5, 0.6) is 0 Å². The van der Waals surface area contributed by atoms with Gasteiger partial charge in [0.15, 0.2) is 0 Å². The van der Waals surface area contributed by atoms with E-state index in [1.165, 1.54) is 5.56 Å². The lowest BCUT2D eigenvalue weighted by molar-refractivity contribution is 0.132. The van der Waals surface area contributed by atoms with Crippen molar-refractivity contribution in [1.82, 2.24) is 19.8 Å². The standard InChI is InChI=1S/C24H32N6O/c1-2-29-12-14-30(15-13-29)17-18-5-7-20(8-6-18)27-23-22-19(9-11-26-24(22)31)16-21(28-23)4-3-10-25/h5-9,11,16H,2-4,10,12-15,17,25H2,1H3,(H,26,31)(H,27,28). The number of nitrogens with two attached hydrogens (primary N) is 1. The number of nitrogens with one attached hydrogen (secondary N) is 2. The quantitative estimate of drug-likeness (QED) is 0.519. The summed E-state index contributed by atoms with van der Waals surface area (Å²) >= 11 is 0. The third-order valence-electron chi connectivity index (χ3n) is 5.98. The second-order valence-electron chi connectivity index (χ2n) is 8.16. The van der Waals surface area contributed by atoms with Gasteiger partial charge in [-0.2, -0.15) is 0 Å². The Labute approximate surface area is 183 Å². The minimum atomic E-state index is -0.138. The first kappa shape index (κ1) is 21.5. The van der Waals surface area contributed by atoms with Crippen LogP contribution in [-0.4, -0.2) is 59.0 Å². The zero-order valence-electron chi connectivity index (χ0n) is 18.2. The van der Waals surface area contributed by atoms with Crippen molar-refractivity contribution in [3.8, 4) is 0 Å². The zero-order chi connectivity index (χ0) is 21.6. The molecule has 7 heteroatoms. The Hall–Kier alpha value is -2.74. The Balaban J connectivity index is 1.50. The highest BCUT2D eigenvalue weighted by Gasteiger charge is 2.15. The van der Waals surface area contributed by atoms with Crippen LogP contribution in [0.3, 0.4) is 0 Å². The molecule has 1 aliphatic rings. The average Bonchev–Trinajstić information content (AvgIpc) is 2.79. The molecule has 0 bridgehead atoms. The number of H-pyrrole nitrogens is 1. The molecule has 0 saturated carbocycles. The van der Waals surface area contributed by atoms with Crippen molar-refractivity contribution in [2.75, 3.05) is 44.6 Å². The number of anilines is 2. The molecular weight excluding hydrogens is 388 g/mol. The predicted molar refractivity (Wildman–Crippen MR) is 127 cm³/mol. The van der Waals surface area contributed by atoms with Crippen LogP contribution in [0.25, 0.3) is 10.8 Å².